The summed E-state index contributed by atoms with van der Waals surface area (Å²) in [5.41, 5.74) is 0. The zero-order chi connectivity index (χ0) is 13.8. The largest absolute Gasteiger partial charge is 0.478 e. The van der Waals surface area contributed by atoms with E-state index in [2.05, 4.69) is 21.3 Å². The fourth-order valence-corrected chi connectivity index (χ4v) is 3.45. The number of rotatable bonds is 4. The van der Waals surface area contributed by atoms with Crippen molar-refractivity contribution in [2.24, 2.45) is 5.92 Å². The minimum absolute atomic E-state index is 0.672. The Morgan fingerprint density at radius 3 is 2.85 bits per heavy atom. The van der Waals surface area contributed by atoms with E-state index in [0.29, 0.717) is 6.61 Å². The van der Waals surface area contributed by atoms with E-state index in [4.69, 9.17) is 4.74 Å². The fraction of sp³-hybridized carbons (Fsp3) is 0.688. The monoisotopic (exact) mass is 275 g/mol. The summed E-state index contributed by atoms with van der Waals surface area (Å²) in [6.45, 7) is 6.11. The first-order valence-corrected chi connectivity index (χ1v) is 7.95. The third-order valence-corrected chi connectivity index (χ3v) is 4.53. The molecule has 2 aliphatic rings. The Morgan fingerprint density at radius 2 is 2.15 bits per heavy atom. The first kappa shape index (κ1) is 13.7. The van der Waals surface area contributed by atoms with Crippen molar-refractivity contribution in [2.75, 3.05) is 31.1 Å². The van der Waals surface area contributed by atoms with E-state index in [9.17, 15) is 0 Å². The van der Waals surface area contributed by atoms with Gasteiger partial charge in [0, 0.05) is 25.2 Å². The molecule has 1 unspecified atom stereocenters. The molecule has 0 radical (unpaired) electrons. The van der Waals surface area contributed by atoms with Gasteiger partial charge in [0.25, 0.3) is 0 Å². The lowest BCUT2D eigenvalue weighted by Gasteiger charge is -2.35. The summed E-state index contributed by atoms with van der Waals surface area (Å²) in [4.78, 5) is 6.99. The maximum atomic E-state index is 5.49. The number of anilines is 1. The van der Waals surface area contributed by atoms with Gasteiger partial charge in [-0.3, -0.25) is 0 Å². The Labute approximate surface area is 121 Å². The molecule has 0 saturated carbocycles. The van der Waals surface area contributed by atoms with E-state index < -0.39 is 0 Å². The number of hydrogen-bond donors (Lipinski definition) is 1. The number of nitrogens with one attached hydrogen (secondary N) is 1. The Balaban J connectivity index is 1.58. The molecule has 1 atom stereocenters. The molecule has 0 aliphatic carbocycles. The van der Waals surface area contributed by atoms with Gasteiger partial charge in [0.15, 0.2) is 0 Å². The zero-order valence-electron chi connectivity index (χ0n) is 12.3. The predicted octanol–water partition coefficient (Wildman–Crippen LogP) is 2.45. The second-order valence-electron chi connectivity index (χ2n) is 5.79. The minimum Gasteiger partial charge on any atom is -0.478 e. The first-order chi connectivity index (χ1) is 9.86. The van der Waals surface area contributed by atoms with Crippen molar-refractivity contribution in [3.8, 4) is 5.88 Å². The molecule has 2 aliphatic heterocycles. The number of hydrogen-bond acceptors (Lipinski definition) is 4. The third-order valence-electron chi connectivity index (χ3n) is 4.53. The number of nitrogens with zero attached hydrogens (tertiary/aromatic N) is 2. The Bertz CT molecular complexity index is 423. The third kappa shape index (κ3) is 3.06. The average molecular weight is 275 g/mol. The number of aromatic nitrogens is 1. The van der Waals surface area contributed by atoms with Gasteiger partial charge in [-0.05, 0) is 51.1 Å². The summed E-state index contributed by atoms with van der Waals surface area (Å²) < 4.78 is 5.49. The number of piperidine rings is 1. The summed E-state index contributed by atoms with van der Waals surface area (Å²) in [7, 11) is 0. The van der Waals surface area contributed by atoms with E-state index in [1.54, 1.807) is 0 Å². The maximum Gasteiger partial charge on any atom is 0.215 e. The molecule has 0 amide bonds. The highest BCUT2D eigenvalue weighted by Gasteiger charge is 2.28. The predicted molar refractivity (Wildman–Crippen MR) is 81.4 cm³/mol. The van der Waals surface area contributed by atoms with Crippen molar-refractivity contribution in [1.82, 2.24) is 10.3 Å². The lowest BCUT2D eigenvalue weighted by atomic mass is 9.88. The van der Waals surface area contributed by atoms with Crippen molar-refractivity contribution in [2.45, 2.75) is 38.6 Å². The summed E-state index contributed by atoms with van der Waals surface area (Å²) in [6, 6.07) is 6.83. The SMILES string of the molecule is CCOc1cccc(N2CCC(C3CCCN3)CC2)n1. The number of ether oxygens (including phenoxy) is 1. The molecule has 2 saturated heterocycles. The van der Waals surface area contributed by atoms with Gasteiger partial charge in [-0.25, -0.2) is 0 Å². The smallest absolute Gasteiger partial charge is 0.215 e. The molecule has 1 aromatic rings. The molecule has 0 bridgehead atoms. The van der Waals surface area contributed by atoms with Crippen LogP contribution in [0.5, 0.6) is 5.88 Å². The van der Waals surface area contributed by atoms with Gasteiger partial charge in [-0.1, -0.05) is 6.07 Å². The molecule has 20 heavy (non-hydrogen) atoms. The van der Waals surface area contributed by atoms with Crippen molar-refractivity contribution in [1.29, 1.82) is 0 Å². The Kier molecular flexibility index (Phi) is 4.41. The van der Waals surface area contributed by atoms with Crippen LogP contribution in [0.15, 0.2) is 18.2 Å². The zero-order valence-corrected chi connectivity index (χ0v) is 12.3. The van der Waals surface area contributed by atoms with Crippen LogP contribution in [-0.4, -0.2) is 37.3 Å². The van der Waals surface area contributed by atoms with Crippen LogP contribution in [0, 0.1) is 5.92 Å². The minimum atomic E-state index is 0.672. The topological polar surface area (TPSA) is 37.4 Å². The van der Waals surface area contributed by atoms with Crippen molar-refractivity contribution < 1.29 is 4.74 Å². The molecular formula is C16H25N3O. The van der Waals surface area contributed by atoms with E-state index >= 15 is 0 Å². The first-order valence-electron chi connectivity index (χ1n) is 7.95. The van der Waals surface area contributed by atoms with E-state index in [0.717, 1.165) is 36.7 Å². The van der Waals surface area contributed by atoms with Gasteiger partial charge in [0.1, 0.15) is 5.82 Å². The summed E-state index contributed by atoms with van der Waals surface area (Å²) in [5.74, 6) is 2.65. The van der Waals surface area contributed by atoms with Crippen LogP contribution in [0.25, 0.3) is 0 Å². The van der Waals surface area contributed by atoms with E-state index in [-0.39, 0.29) is 0 Å². The molecule has 1 N–H and O–H groups in total. The van der Waals surface area contributed by atoms with Crippen molar-refractivity contribution in [3.05, 3.63) is 18.2 Å². The second kappa shape index (κ2) is 6.44. The van der Waals surface area contributed by atoms with Gasteiger partial charge < -0.3 is 15.0 Å². The van der Waals surface area contributed by atoms with Crippen LogP contribution in [0.2, 0.25) is 0 Å². The molecule has 110 valence electrons. The Hall–Kier alpha value is -1.29. The van der Waals surface area contributed by atoms with Gasteiger partial charge in [0.05, 0.1) is 6.61 Å². The van der Waals surface area contributed by atoms with E-state index in [1.165, 1.54) is 32.2 Å². The molecule has 4 nitrogen and oxygen atoms in total. The molecule has 0 spiro atoms. The van der Waals surface area contributed by atoms with Crippen LogP contribution < -0.4 is 15.0 Å². The fourth-order valence-electron chi connectivity index (χ4n) is 3.45. The summed E-state index contributed by atoms with van der Waals surface area (Å²) in [6.07, 6.45) is 5.27. The molecule has 4 heteroatoms. The highest BCUT2D eigenvalue weighted by molar-refractivity contribution is 5.41. The molecule has 2 fully saturated rings. The molecule has 0 aromatic carbocycles. The summed E-state index contributed by atoms with van der Waals surface area (Å²) >= 11 is 0. The normalized spacial score (nSPS) is 24.1. The van der Waals surface area contributed by atoms with Crippen LogP contribution >= 0.6 is 0 Å². The molecular weight excluding hydrogens is 250 g/mol. The van der Waals surface area contributed by atoms with Crippen LogP contribution in [0.4, 0.5) is 5.82 Å². The van der Waals surface area contributed by atoms with Gasteiger partial charge in [-0.2, -0.15) is 4.98 Å². The van der Waals surface area contributed by atoms with Crippen molar-refractivity contribution >= 4 is 5.82 Å². The molecule has 3 heterocycles. The number of pyridine rings is 1. The second-order valence-corrected chi connectivity index (χ2v) is 5.79. The van der Waals surface area contributed by atoms with Crippen LogP contribution in [-0.2, 0) is 0 Å². The van der Waals surface area contributed by atoms with Crippen LogP contribution in [0.1, 0.15) is 32.6 Å². The maximum absolute atomic E-state index is 5.49. The Morgan fingerprint density at radius 1 is 1.30 bits per heavy atom. The van der Waals surface area contributed by atoms with Gasteiger partial charge in [0.2, 0.25) is 5.88 Å². The highest BCUT2D eigenvalue weighted by Crippen LogP contribution is 2.28. The van der Waals surface area contributed by atoms with Gasteiger partial charge in [-0.15, -0.1) is 0 Å². The average Bonchev–Trinajstić information content (AvgIpc) is 3.02. The highest BCUT2D eigenvalue weighted by atomic mass is 16.5. The lowest BCUT2D eigenvalue weighted by Crippen LogP contribution is -2.41. The van der Waals surface area contributed by atoms with Crippen molar-refractivity contribution in [3.63, 3.8) is 0 Å². The quantitative estimate of drug-likeness (QED) is 0.916. The van der Waals surface area contributed by atoms with E-state index in [1.807, 2.05) is 19.1 Å². The summed E-state index contributed by atoms with van der Waals surface area (Å²) in [5, 5.41) is 3.65. The molecule has 3 rings (SSSR count). The van der Waals surface area contributed by atoms with Crippen LogP contribution in [0.3, 0.4) is 0 Å². The van der Waals surface area contributed by atoms with Gasteiger partial charge >= 0.3 is 0 Å². The standard InChI is InChI=1S/C16H25N3O/c1-2-20-16-7-3-6-15(18-16)19-11-8-13(9-12-19)14-5-4-10-17-14/h3,6-7,13-14,17H,2,4-5,8-12H2,1H3. The lowest BCUT2D eigenvalue weighted by molar-refractivity contribution is 0.314. The molecule has 1 aromatic heterocycles.